The molecule has 19 heavy (non-hydrogen) atoms. The number of nitrogens with zero attached hydrogens (tertiary/aromatic N) is 4. The van der Waals surface area contributed by atoms with Crippen LogP contribution in [-0.2, 0) is 0 Å². The van der Waals surface area contributed by atoms with Crippen LogP contribution in [0.15, 0.2) is 17.4 Å². The minimum Gasteiger partial charge on any atom is -0.354 e. The molecule has 2 aromatic heterocycles. The normalized spacial score (nSPS) is 17.6. The van der Waals surface area contributed by atoms with E-state index in [1.807, 2.05) is 25.4 Å². The fourth-order valence-corrected chi connectivity index (χ4v) is 2.93. The molecular formula is C14H18N4S. The summed E-state index contributed by atoms with van der Waals surface area (Å²) < 4.78 is 0. The maximum atomic E-state index is 4.69. The second-order valence-corrected chi connectivity index (χ2v) is 6.68. The molecule has 0 unspecified atom stereocenters. The first-order valence-electron chi connectivity index (χ1n) is 6.42. The van der Waals surface area contributed by atoms with Crippen LogP contribution in [0.3, 0.4) is 0 Å². The van der Waals surface area contributed by atoms with Gasteiger partial charge in [0.1, 0.15) is 5.52 Å². The number of anilines is 1. The number of aryl methyl sites for hydroxylation is 1. The summed E-state index contributed by atoms with van der Waals surface area (Å²) in [5.41, 5.74) is 2.38. The minimum absolute atomic E-state index is 0.382. The molecule has 0 N–H and O–H groups in total. The predicted octanol–water partition coefficient (Wildman–Crippen LogP) is 2.90. The lowest BCUT2D eigenvalue weighted by atomic mass is 9.84. The van der Waals surface area contributed by atoms with E-state index >= 15 is 0 Å². The topological polar surface area (TPSA) is 41.9 Å². The summed E-state index contributed by atoms with van der Waals surface area (Å²) in [7, 11) is 0. The Morgan fingerprint density at radius 2 is 2.00 bits per heavy atom. The predicted molar refractivity (Wildman–Crippen MR) is 79.8 cm³/mol. The van der Waals surface area contributed by atoms with Crippen LogP contribution in [0, 0.1) is 12.3 Å². The fraction of sp³-hybridized carbons (Fsp3) is 0.500. The van der Waals surface area contributed by atoms with Crippen molar-refractivity contribution in [2.45, 2.75) is 25.9 Å². The van der Waals surface area contributed by atoms with E-state index in [9.17, 15) is 0 Å². The van der Waals surface area contributed by atoms with Crippen molar-refractivity contribution in [2.24, 2.45) is 5.41 Å². The molecule has 0 saturated carbocycles. The number of aromatic nitrogens is 3. The molecular weight excluding hydrogens is 256 g/mol. The van der Waals surface area contributed by atoms with Gasteiger partial charge in [-0.3, -0.25) is 0 Å². The number of rotatable bonds is 2. The van der Waals surface area contributed by atoms with E-state index in [-0.39, 0.29) is 0 Å². The second-order valence-electron chi connectivity index (χ2n) is 5.90. The van der Waals surface area contributed by atoms with Gasteiger partial charge in [-0.2, -0.15) is 0 Å². The average molecular weight is 274 g/mol. The van der Waals surface area contributed by atoms with Crippen molar-refractivity contribution >= 4 is 28.5 Å². The highest BCUT2D eigenvalue weighted by atomic mass is 32.2. The lowest BCUT2D eigenvalue weighted by Gasteiger charge is -2.46. The van der Waals surface area contributed by atoms with Crippen molar-refractivity contribution in [1.82, 2.24) is 15.0 Å². The Kier molecular flexibility index (Phi) is 2.89. The van der Waals surface area contributed by atoms with Crippen LogP contribution in [0.4, 0.5) is 5.82 Å². The van der Waals surface area contributed by atoms with E-state index in [0.717, 1.165) is 40.7 Å². The van der Waals surface area contributed by atoms with E-state index in [1.54, 1.807) is 11.8 Å². The van der Waals surface area contributed by atoms with Crippen LogP contribution in [0.25, 0.3) is 10.9 Å². The maximum absolute atomic E-state index is 4.69. The van der Waals surface area contributed by atoms with Gasteiger partial charge in [0.25, 0.3) is 0 Å². The zero-order chi connectivity index (χ0) is 13.6. The monoisotopic (exact) mass is 274 g/mol. The van der Waals surface area contributed by atoms with Gasteiger partial charge < -0.3 is 4.90 Å². The molecule has 1 saturated heterocycles. The van der Waals surface area contributed by atoms with Crippen molar-refractivity contribution < 1.29 is 0 Å². The molecule has 0 aromatic carbocycles. The highest BCUT2D eigenvalue weighted by Gasteiger charge is 2.36. The lowest BCUT2D eigenvalue weighted by molar-refractivity contribution is 0.275. The van der Waals surface area contributed by atoms with Crippen LogP contribution in [-0.4, -0.2) is 34.3 Å². The molecule has 3 rings (SSSR count). The number of hydrogen-bond acceptors (Lipinski definition) is 5. The first-order chi connectivity index (χ1) is 8.98. The molecule has 0 bridgehead atoms. The third-order valence-corrected chi connectivity index (χ3v) is 3.94. The van der Waals surface area contributed by atoms with E-state index in [2.05, 4.69) is 28.7 Å². The Morgan fingerprint density at radius 1 is 1.26 bits per heavy atom. The quantitative estimate of drug-likeness (QED) is 0.622. The van der Waals surface area contributed by atoms with Gasteiger partial charge >= 0.3 is 0 Å². The third-order valence-electron chi connectivity index (χ3n) is 3.37. The summed E-state index contributed by atoms with van der Waals surface area (Å²) in [5.74, 6) is 1.01. The van der Waals surface area contributed by atoms with E-state index in [1.165, 1.54) is 0 Å². The Labute approximate surface area is 117 Å². The van der Waals surface area contributed by atoms with Crippen molar-refractivity contribution in [2.75, 3.05) is 24.2 Å². The molecule has 1 aliphatic rings. The summed E-state index contributed by atoms with van der Waals surface area (Å²) in [6, 6.07) is 2.05. The zero-order valence-corrected chi connectivity index (χ0v) is 12.6. The van der Waals surface area contributed by atoms with Gasteiger partial charge in [-0.15, -0.1) is 0 Å². The van der Waals surface area contributed by atoms with Crippen LogP contribution < -0.4 is 4.90 Å². The van der Waals surface area contributed by atoms with Gasteiger partial charge in [0.15, 0.2) is 11.0 Å². The Bertz CT molecular complexity index is 631. The van der Waals surface area contributed by atoms with Gasteiger partial charge in [0.05, 0.1) is 0 Å². The molecule has 0 radical (unpaired) electrons. The van der Waals surface area contributed by atoms with E-state index in [0.29, 0.717) is 5.41 Å². The SMILES string of the molecule is CSc1ncc2cc(C)nc(N3CC(C)(C)C3)c2n1. The highest BCUT2D eigenvalue weighted by Crippen LogP contribution is 2.35. The maximum Gasteiger partial charge on any atom is 0.187 e. The van der Waals surface area contributed by atoms with Gasteiger partial charge in [0, 0.05) is 30.4 Å². The number of pyridine rings is 1. The summed E-state index contributed by atoms with van der Waals surface area (Å²) in [6.07, 6.45) is 3.90. The average Bonchev–Trinajstić information content (AvgIpc) is 2.34. The molecule has 1 fully saturated rings. The molecule has 4 nitrogen and oxygen atoms in total. The Balaban J connectivity index is 2.11. The number of fused-ring (bicyclic) bond motifs is 1. The van der Waals surface area contributed by atoms with E-state index in [4.69, 9.17) is 4.98 Å². The van der Waals surface area contributed by atoms with Crippen LogP contribution in [0.2, 0.25) is 0 Å². The zero-order valence-electron chi connectivity index (χ0n) is 11.8. The number of thioether (sulfide) groups is 1. The molecule has 1 aliphatic heterocycles. The van der Waals surface area contributed by atoms with Crippen molar-refractivity contribution in [3.63, 3.8) is 0 Å². The van der Waals surface area contributed by atoms with E-state index < -0.39 is 0 Å². The van der Waals surface area contributed by atoms with Gasteiger partial charge in [-0.05, 0) is 24.7 Å². The molecule has 0 aliphatic carbocycles. The van der Waals surface area contributed by atoms with Crippen molar-refractivity contribution in [3.8, 4) is 0 Å². The largest absolute Gasteiger partial charge is 0.354 e. The minimum atomic E-state index is 0.382. The summed E-state index contributed by atoms with van der Waals surface area (Å²) in [5, 5.41) is 1.88. The van der Waals surface area contributed by atoms with Crippen molar-refractivity contribution in [3.05, 3.63) is 18.0 Å². The molecule has 5 heteroatoms. The standard InChI is InChI=1S/C14H18N4S/c1-9-5-10-6-15-13(19-4)17-11(10)12(16-9)18-7-14(2,3)8-18/h5-6H,7-8H2,1-4H3. The molecule has 0 spiro atoms. The van der Waals surface area contributed by atoms with Crippen LogP contribution >= 0.6 is 11.8 Å². The van der Waals surface area contributed by atoms with Gasteiger partial charge in [0.2, 0.25) is 0 Å². The van der Waals surface area contributed by atoms with Crippen molar-refractivity contribution in [1.29, 1.82) is 0 Å². The lowest BCUT2D eigenvalue weighted by Crippen LogP contribution is -2.53. The second kappa shape index (κ2) is 4.34. The molecule has 100 valence electrons. The first-order valence-corrected chi connectivity index (χ1v) is 7.64. The molecule has 3 heterocycles. The number of hydrogen-bond donors (Lipinski definition) is 0. The fourth-order valence-electron chi connectivity index (χ4n) is 2.59. The molecule has 2 aromatic rings. The third kappa shape index (κ3) is 2.27. The summed E-state index contributed by atoms with van der Waals surface area (Å²) >= 11 is 1.57. The summed E-state index contributed by atoms with van der Waals surface area (Å²) in [4.78, 5) is 16.0. The molecule has 0 atom stereocenters. The van der Waals surface area contributed by atoms with Crippen LogP contribution in [0.1, 0.15) is 19.5 Å². The first kappa shape index (κ1) is 12.7. The Morgan fingerprint density at radius 3 is 2.63 bits per heavy atom. The highest BCUT2D eigenvalue weighted by molar-refractivity contribution is 7.98. The van der Waals surface area contributed by atoms with Crippen LogP contribution in [0.5, 0.6) is 0 Å². The van der Waals surface area contributed by atoms with Gasteiger partial charge in [-0.1, -0.05) is 25.6 Å². The Hall–Kier alpha value is -1.36. The van der Waals surface area contributed by atoms with Gasteiger partial charge in [-0.25, -0.2) is 15.0 Å². The smallest absolute Gasteiger partial charge is 0.187 e. The summed E-state index contributed by atoms with van der Waals surface area (Å²) in [6.45, 7) is 8.66. The molecule has 0 amide bonds.